The average molecular weight is 360 g/mol. The third-order valence-corrected chi connectivity index (χ3v) is 4.18. The van der Waals surface area contributed by atoms with Crippen LogP contribution in [0.15, 0.2) is 53.1 Å². The first-order valence-electron chi connectivity index (χ1n) is 7.81. The van der Waals surface area contributed by atoms with Gasteiger partial charge in [0.1, 0.15) is 11.3 Å². The summed E-state index contributed by atoms with van der Waals surface area (Å²) in [5.41, 5.74) is 2.11. The Kier molecular flexibility index (Phi) is 5.26. The molecule has 1 atom stereocenters. The Balaban J connectivity index is 1.61. The Morgan fingerprint density at radius 2 is 2.16 bits per heavy atom. The van der Waals surface area contributed by atoms with Crippen molar-refractivity contribution in [3.8, 4) is 5.75 Å². The molecular weight excluding hydrogens is 342 g/mol. The topological polar surface area (TPSA) is 71.7 Å². The van der Waals surface area contributed by atoms with E-state index in [0.717, 1.165) is 10.9 Å². The molecule has 6 heteroatoms. The van der Waals surface area contributed by atoms with Crippen molar-refractivity contribution in [2.45, 2.75) is 12.5 Å². The van der Waals surface area contributed by atoms with Crippen molar-refractivity contribution in [3.05, 3.63) is 64.9 Å². The molecule has 1 aromatic heterocycles. The van der Waals surface area contributed by atoms with Crippen LogP contribution in [-0.4, -0.2) is 24.7 Å². The molecule has 0 aliphatic rings. The maximum absolute atomic E-state index is 12.2. The molecule has 0 unspecified atom stereocenters. The molecule has 0 bridgehead atoms. The molecule has 25 heavy (non-hydrogen) atoms. The van der Waals surface area contributed by atoms with Gasteiger partial charge in [-0.2, -0.15) is 0 Å². The molecule has 0 spiro atoms. The number of carbonyl (C=O) groups is 1. The first kappa shape index (κ1) is 17.3. The Bertz CT molecular complexity index is 890. The van der Waals surface area contributed by atoms with Crippen LogP contribution < -0.4 is 10.1 Å². The quantitative estimate of drug-likeness (QED) is 0.706. The molecule has 1 amide bonds. The second kappa shape index (κ2) is 7.59. The number of hydrogen-bond acceptors (Lipinski definition) is 4. The number of fused-ring (bicyclic) bond motifs is 1. The fourth-order valence-corrected chi connectivity index (χ4v) is 2.80. The molecular formula is C19H18ClNO4. The number of carbonyl (C=O) groups excluding carboxylic acids is 1. The Morgan fingerprint density at radius 1 is 1.32 bits per heavy atom. The lowest BCUT2D eigenvalue weighted by molar-refractivity contribution is -0.120. The number of rotatable bonds is 6. The van der Waals surface area contributed by atoms with Crippen LogP contribution in [-0.2, 0) is 11.2 Å². The van der Waals surface area contributed by atoms with Crippen LogP contribution in [0.4, 0.5) is 0 Å². The first-order chi connectivity index (χ1) is 12.1. The van der Waals surface area contributed by atoms with Crippen LogP contribution in [0, 0.1) is 0 Å². The number of amides is 1. The van der Waals surface area contributed by atoms with Crippen molar-refractivity contribution in [1.82, 2.24) is 5.32 Å². The van der Waals surface area contributed by atoms with Crippen molar-refractivity contribution >= 4 is 28.5 Å². The first-order valence-corrected chi connectivity index (χ1v) is 8.19. The van der Waals surface area contributed by atoms with E-state index in [2.05, 4.69) is 5.32 Å². The van der Waals surface area contributed by atoms with Crippen molar-refractivity contribution in [2.24, 2.45) is 0 Å². The second-order valence-electron chi connectivity index (χ2n) is 5.67. The smallest absolute Gasteiger partial charge is 0.224 e. The highest BCUT2D eigenvalue weighted by atomic mass is 35.5. The largest absolute Gasteiger partial charge is 0.497 e. The lowest BCUT2D eigenvalue weighted by atomic mass is 10.1. The van der Waals surface area contributed by atoms with E-state index in [1.165, 1.54) is 0 Å². The highest BCUT2D eigenvalue weighted by Gasteiger charge is 2.13. The van der Waals surface area contributed by atoms with Gasteiger partial charge >= 0.3 is 0 Å². The third kappa shape index (κ3) is 4.13. The third-order valence-electron chi connectivity index (χ3n) is 3.94. The van der Waals surface area contributed by atoms with Crippen LogP contribution in [0.2, 0.25) is 5.02 Å². The van der Waals surface area contributed by atoms with Gasteiger partial charge in [0.25, 0.3) is 0 Å². The van der Waals surface area contributed by atoms with E-state index in [4.69, 9.17) is 20.8 Å². The molecule has 2 aromatic carbocycles. The number of halogens is 1. The van der Waals surface area contributed by atoms with Gasteiger partial charge in [0.2, 0.25) is 5.91 Å². The minimum atomic E-state index is -0.812. The van der Waals surface area contributed by atoms with Gasteiger partial charge in [0.15, 0.2) is 0 Å². The minimum Gasteiger partial charge on any atom is -0.497 e. The maximum Gasteiger partial charge on any atom is 0.224 e. The fraction of sp³-hybridized carbons (Fsp3) is 0.211. The molecule has 0 radical (unpaired) electrons. The summed E-state index contributed by atoms with van der Waals surface area (Å²) in [7, 11) is 1.59. The van der Waals surface area contributed by atoms with Crippen molar-refractivity contribution in [3.63, 3.8) is 0 Å². The molecule has 3 aromatic rings. The van der Waals surface area contributed by atoms with Crippen LogP contribution >= 0.6 is 11.6 Å². The summed E-state index contributed by atoms with van der Waals surface area (Å²) < 4.78 is 10.6. The number of methoxy groups -OCH3 is 1. The summed E-state index contributed by atoms with van der Waals surface area (Å²) in [4.78, 5) is 12.2. The van der Waals surface area contributed by atoms with Crippen molar-refractivity contribution in [1.29, 1.82) is 0 Å². The maximum atomic E-state index is 12.2. The van der Waals surface area contributed by atoms with Gasteiger partial charge in [-0.15, -0.1) is 0 Å². The average Bonchev–Trinajstić information content (AvgIpc) is 3.01. The van der Waals surface area contributed by atoms with E-state index >= 15 is 0 Å². The standard InChI is InChI=1S/C19H18ClNO4/c1-24-15-5-6-16-13(11-25-18(16)9-15)8-19(23)21-10-17(22)12-3-2-4-14(20)7-12/h2-7,9,11,17,22H,8,10H2,1H3,(H,21,23)/t17-/m0/s1. The van der Waals surface area contributed by atoms with E-state index < -0.39 is 6.10 Å². The lowest BCUT2D eigenvalue weighted by Gasteiger charge is -2.12. The normalized spacial score (nSPS) is 12.1. The molecule has 1 heterocycles. The van der Waals surface area contributed by atoms with E-state index in [-0.39, 0.29) is 18.9 Å². The zero-order valence-corrected chi connectivity index (χ0v) is 14.4. The van der Waals surface area contributed by atoms with Gasteiger partial charge in [-0.25, -0.2) is 0 Å². The zero-order valence-electron chi connectivity index (χ0n) is 13.7. The summed E-state index contributed by atoms with van der Waals surface area (Å²) in [6, 6.07) is 12.4. The summed E-state index contributed by atoms with van der Waals surface area (Å²) in [6.07, 6.45) is 0.923. The number of furan rings is 1. The SMILES string of the molecule is COc1ccc2c(CC(=O)NC[C@H](O)c3cccc(Cl)c3)coc2c1. The van der Waals surface area contributed by atoms with Crippen LogP contribution in [0.5, 0.6) is 5.75 Å². The molecule has 0 saturated carbocycles. The summed E-state index contributed by atoms with van der Waals surface area (Å²) in [5, 5.41) is 14.3. The van der Waals surface area contributed by atoms with Gasteiger partial charge in [0, 0.05) is 28.6 Å². The monoisotopic (exact) mass is 359 g/mol. The molecule has 0 aliphatic heterocycles. The summed E-state index contributed by atoms with van der Waals surface area (Å²) in [6.45, 7) is 0.114. The number of nitrogens with one attached hydrogen (secondary N) is 1. The Labute approximate surface area is 150 Å². The molecule has 5 nitrogen and oxygen atoms in total. The van der Waals surface area contributed by atoms with E-state index in [0.29, 0.717) is 21.9 Å². The number of benzene rings is 2. The summed E-state index contributed by atoms with van der Waals surface area (Å²) >= 11 is 5.91. The van der Waals surface area contributed by atoms with Crippen LogP contribution in [0.3, 0.4) is 0 Å². The lowest BCUT2D eigenvalue weighted by Crippen LogP contribution is -2.29. The number of ether oxygens (including phenoxy) is 1. The predicted molar refractivity (Wildman–Crippen MR) is 95.9 cm³/mol. The van der Waals surface area contributed by atoms with Crippen molar-refractivity contribution in [2.75, 3.05) is 13.7 Å². The number of aliphatic hydroxyl groups is 1. The molecule has 3 rings (SSSR count). The van der Waals surface area contributed by atoms with Crippen LogP contribution in [0.25, 0.3) is 11.0 Å². The summed E-state index contributed by atoms with van der Waals surface area (Å²) in [5.74, 6) is 0.502. The Morgan fingerprint density at radius 3 is 2.92 bits per heavy atom. The van der Waals surface area contributed by atoms with E-state index in [9.17, 15) is 9.90 Å². The molecule has 0 aliphatic carbocycles. The van der Waals surface area contributed by atoms with Gasteiger partial charge in [-0.05, 0) is 29.8 Å². The predicted octanol–water partition coefficient (Wildman–Crippen LogP) is 3.49. The van der Waals surface area contributed by atoms with Crippen LogP contribution in [0.1, 0.15) is 17.2 Å². The van der Waals surface area contributed by atoms with Gasteiger partial charge in [0.05, 0.1) is 25.9 Å². The number of hydrogen-bond donors (Lipinski definition) is 2. The molecule has 2 N–H and O–H groups in total. The highest BCUT2D eigenvalue weighted by molar-refractivity contribution is 6.30. The fourth-order valence-electron chi connectivity index (χ4n) is 2.61. The zero-order chi connectivity index (χ0) is 17.8. The van der Waals surface area contributed by atoms with Gasteiger partial charge < -0.3 is 19.6 Å². The highest BCUT2D eigenvalue weighted by Crippen LogP contribution is 2.26. The van der Waals surface area contributed by atoms with Crippen molar-refractivity contribution < 1.29 is 19.1 Å². The Hall–Kier alpha value is -2.50. The van der Waals surface area contributed by atoms with E-state index in [1.54, 1.807) is 43.7 Å². The number of aliphatic hydroxyl groups excluding tert-OH is 1. The molecule has 0 fully saturated rings. The molecule has 130 valence electrons. The van der Waals surface area contributed by atoms with Gasteiger partial charge in [-0.3, -0.25) is 4.79 Å². The molecule has 0 saturated heterocycles. The van der Waals surface area contributed by atoms with Gasteiger partial charge in [-0.1, -0.05) is 23.7 Å². The second-order valence-corrected chi connectivity index (χ2v) is 6.11. The minimum absolute atomic E-state index is 0.114. The van der Waals surface area contributed by atoms with E-state index in [1.807, 2.05) is 12.1 Å².